The third-order valence-electron chi connectivity index (χ3n) is 2.47. The van der Waals surface area contributed by atoms with Crippen LogP contribution in [-0.2, 0) is 0 Å². The third kappa shape index (κ3) is 16.9. The molecule has 0 amide bonds. The van der Waals surface area contributed by atoms with Crippen LogP contribution < -0.4 is 5.32 Å². The van der Waals surface area contributed by atoms with E-state index in [4.69, 9.17) is 5.11 Å². The van der Waals surface area contributed by atoms with E-state index < -0.39 is 0 Å². The van der Waals surface area contributed by atoms with Crippen LogP contribution in [0, 0.1) is 0 Å². The van der Waals surface area contributed by atoms with Crippen LogP contribution in [0.2, 0.25) is 0 Å². The van der Waals surface area contributed by atoms with Gasteiger partial charge in [0.15, 0.2) is 0 Å². The molecule has 0 saturated heterocycles. The molecule has 0 spiro atoms. The van der Waals surface area contributed by atoms with Crippen molar-refractivity contribution in [3.63, 3.8) is 0 Å². The largest absolute Gasteiger partial charge is 0.396 e. The highest BCUT2D eigenvalue weighted by atomic mass is 35.5. The Balaban J connectivity index is 0. The van der Waals surface area contributed by atoms with Crippen molar-refractivity contribution in [3.8, 4) is 0 Å². The molecule has 0 saturated carbocycles. The first-order chi connectivity index (χ1) is 6.91. The molecule has 15 heavy (non-hydrogen) atoms. The molecule has 0 fully saturated rings. The predicted octanol–water partition coefficient (Wildman–Crippen LogP) is 3.13. The van der Waals surface area contributed by atoms with Gasteiger partial charge in [0.1, 0.15) is 0 Å². The van der Waals surface area contributed by atoms with Crippen molar-refractivity contribution >= 4 is 12.4 Å². The Morgan fingerprint density at radius 1 is 0.800 bits per heavy atom. The van der Waals surface area contributed by atoms with E-state index in [1.54, 1.807) is 0 Å². The zero-order valence-electron chi connectivity index (χ0n) is 10.1. The van der Waals surface area contributed by atoms with Crippen molar-refractivity contribution in [1.82, 2.24) is 5.32 Å². The first-order valence-corrected chi connectivity index (χ1v) is 6.23. The van der Waals surface area contributed by atoms with Gasteiger partial charge in [-0.3, -0.25) is 0 Å². The van der Waals surface area contributed by atoms with Crippen molar-refractivity contribution < 1.29 is 5.11 Å². The van der Waals surface area contributed by atoms with E-state index in [1.807, 2.05) is 0 Å². The highest BCUT2D eigenvalue weighted by Gasteiger charge is 1.90. The predicted molar refractivity (Wildman–Crippen MR) is 69.8 cm³/mol. The van der Waals surface area contributed by atoms with Gasteiger partial charge < -0.3 is 10.4 Å². The lowest BCUT2D eigenvalue weighted by Gasteiger charge is -2.03. The van der Waals surface area contributed by atoms with E-state index in [1.165, 1.54) is 38.5 Å². The summed E-state index contributed by atoms with van der Waals surface area (Å²) in [6, 6.07) is 0. The van der Waals surface area contributed by atoms with Crippen LogP contribution in [0.3, 0.4) is 0 Å². The lowest BCUT2D eigenvalue weighted by atomic mass is 10.1. The van der Waals surface area contributed by atoms with E-state index in [0.717, 1.165) is 25.9 Å². The molecule has 0 radical (unpaired) electrons. The lowest BCUT2D eigenvalue weighted by Crippen LogP contribution is -2.16. The molecule has 0 aliphatic carbocycles. The van der Waals surface area contributed by atoms with Gasteiger partial charge in [-0.2, -0.15) is 0 Å². The van der Waals surface area contributed by atoms with Crippen molar-refractivity contribution in [3.05, 3.63) is 0 Å². The summed E-state index contributed by atoms with van der Waals surface area (Å²) < 4.78 is 0. The van der Waals surface area contributed by atoms with Gasteiger partial charge in [-0.1, -0.05) is 39.0 Å². The van der Waals surface area contributed by atoms with Crippen LogP contribution in [0.25, 0.3) is 0 Å². The number of rotatable bonds is 11. The second-order valence-corrected chi connectivity index (χ2v) is 3.95. The Kier molecular flexibility index (Phi) is 19.5. The summed E-state index contributed by atoms with van der Waals surface area (Å²) in [7, 11) is 0. The molecular formula is C12H28ClNO. The fourth-order valence-corrected chi connectivity index (χ4v) is 1.52. The molecule has 0 heterocycles. The Labute approximate surface area is 101 Å². The second kappa shape index (κ2) is 16.6. The Morgan fingerprint density at radius 3 is 1.93 bits per heavy atom. The smallest absolute Gasteiger partial charge is 0.0431 e. The van der Waals surface area contributed by atoms with Crippen molar-refractivity contribution in [2.75, 3.05) is 19.7 Å². The standard InChI is InChI=1S/C12H27NO.ClH/c1-2-3-4-5-6-7-10-13-11-8-9-12-14;/h13-14H,2-12H2,1H3;1H. The summed E-state index contributed by atoms with van der Waals surface area (Å²) in [5.74, 6) is 0. The van der Waals surface area contributed by atoms with Gasteiger partial charge in [-0.15, -0.1) is 12.4 Å². The maximum atomic E-state index is 8.56. The van der Waals surface area contributed by atoms with Crippen LogP contribution in [-0.4, -0.2) is 24.8 Å². The van der Waals surface area contributed by atoms with Gasteiger partial charge in [-0.25, -0.2) is 0 Å². The van der Waals surface area contributed by atoms with E-state index in [-0.39, 0.29) is 12.4 Å². The van der Waals surface area contributed by atoms with Crippen LogP contribution in [0.15, 0.2) is 0 Å². The number of hydrogen-bond donors (Lipinski definition) is 2. The molecule has 2 N–H and O–H groups in total. The molecule has 0 atom stereocenters. The highest BCUT2D eigenvalue weighted by molar-refractivity contribution is 5.85. The highest BCUT2D eigenvalue weighted by Crippen LogP contribution is 2.03. The number of nitrogens with one attached hydrogen (secondary N) is 1. The van der Waals surface area contributed by atoms with E-state index in [0.29, 0.717) is 6.61 Å². The molecule has 0 unspecified atom stereocenters. The maximum absolute atomic E-state index is 8.56. The zero-order valence-corrected chi connectivity index (χ0v) is 11.0. The molecule has 0 aromatic rings. The lowest BCUT2D eigenvalue weighted by molar-refractivity contribution is 0.283. The molecule has 0 aromatic heterocycles. The first-order valence-electron chi connectivity index (χ1n) is 6.23. The van der Waals surface area contributed by atoms with Gasteiger partial charge in [0.2, 0.25) is 0 Å². The molecule has 0 bridgehead atoms. The Bertz CT molecular complexity index is 89.6. The Morgan fingerprint density at radius 2 is 1.33 bits per heavy atom. The number of hydrogen-bond acceptors (Lipinski definition) is 2. The SMILES string of the molecule is CCCCCCCCNCCCCO.Cl. The third-order valence-corrected chi connectivity index (χ3v) is 2.47. The minimum absolute atomic E-state index is 0. The van der Waals surface area contributed by atoms with Crippen LogP contribution in [0.4, 0.5) is 0 Å². The van der Waals surface area contributed by atoms with E-state index in [2.05, 4.69) is 12.2 Å². The maximum Gasteiger partial charge on any atom is 0.0431 e. The summed E-state index contributed by atoms with van der Waals surface area (Å²) in [5, 5.41) is 12.0. The van der Waals surface area contributed by atoms with Crippen LogP contribution in [0.5, 0.6) is 0 Å². The van der Waals surface area contributed by atoms with E-state index in [9.17, 15) is 0 Å². The average Bonchev–Trinajstić information content (AvgIpc) is 2.21. The number of unbranched alkanes of at least 4 members (excludes halogenated alkanes) is 6. The topological polar surface area (TPSA) is 32.3 Å². The monoisotopic (exact) mass is 237 g/mol. The molecular weight excluding hydrogens is 210 g/mol. The number of halogens is 1. The van der Waals surface area contributed by atoms with Gasteiger partial charge in [0.25, 0.3) is 0 Å². The molecule has 3 heteroatoms. The molecule has 0 aliphatic heterocycles. The minimum atomic E-state index is 0. The van der Waals surface area contributed by atoms with Gasteiger partial charge >= 0.3 is 0 Å². The fraction of sp³-hybridized carbons (Fsp3) is 1.00. The fourth-order valence-electron chi connectivity index (χ4n) is 1.52. The summed E-state index contributed by atoms with van der Waals surface area (Å²) in [6.45, 7) is 4.80. The van der Waals surface area contributed by atoms with Crippen molar-refractivity contribution in [1.29, 1.82) is 0 Å². The number of aliphatic hydroxyl groups excluding tert-OH is 1. The molecule has 0 aliphatic rings. The average molecular weight is 238 g/mol. The zero-order chi connectivity index (χ0) is 10.5. The molecule has 0 aromatic carbocycles. The first kappa shape index (κ1) is 17.6. The normalized spacial score (nSPS) is 10.0. The molecule has 94 valence electrons. The van der Waals surface area contributed by atoms with E-state index >= 15 is 0 Å². The van der Waals surface area contributed by atoms with Crippen LogP contribution >= 0.6 is 12.4 Å². The van der Waals surface area contributed by atoms with Crippen molar-refractivity contribution in [2.45, 2.75) is 58.3 Å². The number of aliphatic hydroxyl groups is 1. The minimum Gasteiger partial charge on any atom is -0.396 e. The van der Waals surface area contributed by atoms with Crippen molar-refractivity contribution in [2.24, 2.45) is 0 Å². The second-order valence-electron chi connectivity index (χ2n) is 3.95. The summed E-state index contributed by atoms with van der Waals surface area (Å²) in [4.78, 5) is 0. The Hall–Kier alpha value is 0.210. The summed E-state index contributed by atoms with van der Waals surface area (Å²) in [5.41, 5.74) is 0. The van der Waals surface area contributed by atoms with Gasteiger partial charge in [-0.05, 0) is 32.4 Å². The van der Waals surface area contributed by atoms with Crippen LogP contribution in [0.1, 0.15) is 58.3 Å². The molecule has 2 nitrogen and oxygen atoms in total. The molecule has 0 rings (SSSR count). The summed E-state index contributed by atoms with van der Waals surface area (Å²) >= 11 is 0. The summed E-state index contributed by atoms with van der Waals surface area (Å²) in [6.07, 6.45) is 10.2. The quantitative estimate of drug-likeness (QED) is 0.542. The van der Waals surface area contributed by atoms with Gasteiger partial charge in [0, 0.05) is 6.61 Å². The van der Waals surface area contributed by atoms with Gasteiger partial charge in [0.05, 0.1) is 0 Å².